The van der Waals surface area contributed by atoms with Crippen molar-refractivity contribution in [1.82, 2.24) is 0 Å². The van der Waals surface area contributed by atoms with Crippen LogP contribution in [0.5, 0.6) is 0 Å². The maximum atomic E-state index is 11.9. The number of amides is 1. The summed E-state index contributed by atoms with van der Waals surface area (Å²) >= 11 is 1.52. The summed E-state index contributed by atoms with van der Waals surface area (Å²) in [6.07, 6.45) is 0.510. The number of thioether (sulfide) groups is 1. The average molecular weight is 263 g/mol. The molecule has 0 spiro atoms. The topological polar surface area (TPSA) is 37.4 Å². The minimum absolute atomic E-state index is 0.136. The van der Waals surface area contributed by atoms with E-state index in [9.17, 15) is 9.59 Å². The summed E-state index contributed by atoms with van der Waals surface area (Å²) in [5.74, 6) is 0.734. The van der Waals surface area contributed by atoms with Crippen LogP contribution in [-0.4, -0.2) is 23.5 Å². The van der Waals surface area contributed by atoms with Crippen LogP contribution >= 0.6 is 11.8 Å². The SMILES string of the molecule is CCC(=O)c1ccc2c(c1)SCC(=O)N2C(C)C. The Bertz CT molecular complexity index is 497. The lowest BCUT2D eigenvalue weighted by molar-refractivity contribution is -0.116. The van der Waals surface area contributed by atoms with Gasteiger partial charge < -0.3 is 4.90 Å². The number of rotatable bonds is 3. The summed E-state index contributed by atoms with van der Waals surface area (Å²) in [6, 6.07) is 5.76. The Hall–Kier alpha value is -1.29. The van der Waals surface area contributed by atoms with Crippen molar-refractivity contribution in [2.75, 3.05) is 10.7 Å². The molecule has 0 N–H and O–H groups in total. The number of carbonyl (C=O) groups excluding carboxylic acids is 2. The highest BCUT2D eigenvalue weighted by molar-refractivity contribution is 8.00. The van der Waals surface area contributed by atoms with Gasteiger partial charge in [0, 0.05) is 22.9 Å². The first-order chi connectivity index (χ1) is 8.54. The molecule has 0 radical (unpaired) electrons. The van der Waals surface area contributed by atoms with E-state index in [2.05, 4.69) is 0 Å². The van der Waals surface area contributed by atoms with Crippen molar-refractivity contribution in [2.24, 2.45) is 0 Å². The third kappa shape index (κ3) is 2.29. The van der Waals surface area contributed by atoms with Crippen LogP contribution in [0, 0.1) is 0 Å². The van der Waals surface area contributed by atoms with Crippen LogP contribution in [0.3, 0.4) is 0 Å². The number of hydrogen-bond donors (Lipinski definition) is 0. The zero-order chi connectivity index (χ0) is 13.3. The van der Waals surface area contributed by atoms with Crippen molar-refractivity contribution in [3.05, 3.63) is 23.8 Å². The highest BCUT2D eigenvalue weighted by Crippen LogP contribution is 2.37. The molecule has 1 aliphatic rings. The van der Waals surface area contributed by atoms with Gasteiger partial charge in [-0.3, -0.25) is 9.59 Å². The van der Waals surface area contributed by atoms with Gasteiger partial charge in [0.25, 0.3) is 0 Å². The lowest BCUT2D eigenvalue weighted by atomic mass is 10.1. The smallest absolute Gasteiger partial charge is 0.237 e. The van der Waals surface area contributed by atoms with Crippen molar-refractivity contribution in [2.45, 2.75) is 38.1 Å². The molecule has 0 saturated carbocycles. The second-order valence-corrected chi connectivity index (χ2v) is 5.62. The molecule has 2 rings (SSSR count). The third-order valence-electron chi connectivity index (χ3n) is 3.00. The first-order valence-corrected chi connectivity index (χ1v) is 7.15. The molecule has 18 heavy (non-hydrogen) atoms. The molecule has 0 unspecified atom stereocenters. The van der Waals surface area contributed by atoms with E-state index in [-0.39, 0.29) is 17.7 Å². The van der Waals surface area contributed by atoms with Gasteiger partial charge in [0.15, 0.2) is 5.78 Å². The Morgan fingerprint density at radius 3 is 2.78 bits per heavy atom. The second kappa shape index (κ2) is 5.14. The van der Waals surface area contributed by atoms with Gasteiger partial charge in [-0.25, -0.2) is 0 Å². The number of carbonyl (C=O) groups is 2. The standard InChI is InChI=1S/C14H17NO2S/c1-4-12(16)10-5-6-11-13(7-10)18-8-14(17)15(11)9(2)3/h5-7,9H,4,8H2,1-3H3. The Morgan fingerprint density at radius 2 is 2.17 bits per heavy atom. The molecule has 1 aromatic rings. The summed E-state index contributed by atoms with van der Waals surface area (Å²) in [4.78, 5) is 26.4. The third-order valence-corrected chi connectivity index (χ3v) is 4.03. The lowest BCUT2D eigenvalue weighted by Gasteiger charge is -2.32. The lowest BCUT2D eigenvalue weighted by Crippen LogP contribution is -2.40. The van der Waals surface area contributed by atoms with Crippen molar-refractivity contribution in [3.63, 3.8) is 0 Å². The Labute approximate surface area is 112 Å². The van der Waals surface area contributed by atoms with Crippen molar-refractivity contribution >= 4 is 29.1 Å². The van der Waals surface area contributed by atoms with Gasteiger partial charge in [-0.05, 0) is 32.0 Å². The number of nitrogens with zero attached hydrogens (tertiary/aromatic N) is 1. The first kappa shape index (κ1) is 13.1. The van der Waals surface area contributed by atoms with E-state index in [0.29, 0.717) is 12.2 Å². The Kier molecular flexibility index (Phi) is 3.76. The number of ketones is 1. The molecule has 0 aliphatic carbocycles. The van der Waals surface area contributed by atoms with Gasteiger partial charge in [-0.1, -0.05) is 6.92 Å². The first-order valence-electron chi connectivity index (χ1n) is 6.16. The summed E-state index contributed by atoms with van der Waals surface area (Å²) in [6.45, 7) is 5.87. The zero-order valence-electron chi connectivity index (χ0n) is 10.9. The predicted molar refractivity (Wildman–Crippen MR) is 74.4 cm³/mol. The molecule has 0 bridgehead atoms. The molecule has 96 valence electrons. The minimum atomic E-state index is 0.136. The summed E-state index contributed by atoms with van der Waals surface area (Å²) in [5, 5.41) is 0. The fourth-order valence-electron chi connectivity index (χ4n) is 2.12. The van der Waals surface area contributed by atoms with Gasteiger partial charge in [-0.15, -0.1) is 11.8 Å². The second-order valence-electron chi connectivity index (χ2n) is 4.61. The molecule has 0 aromatic heterocycles. The van der Waals surface area contributed by atoms with Gasteiger partial charge in [0.2, 0.25) is 5.91 Å². The molecule has 1 heterocycles. The van der Waals surface area contributed by atoms with Crippen LogP contribution < -0.4 is 4.90 Å². The predicted octanol–water partition coefficient (Wildman–Crippen LogP) is 3.13. The van der Waals surface area contributed by atoms with E-state index in [4.69, 9.17) is 0 Å². The van der Waals surface area contributed by atoms with E-state index < -0.39 is 0 Å². The Balaban J connectivity index is 2.43. The molecule has 4 heteroatoms. The van der Waals surface area contributed by atoms with Crippen molar-refractivity contribution < 1.29 is 9.59 Å². The van der Waals surface area contributed by atoms with Crippen LogP contribution in [0.15, 0.2) is 23.1 Å². The minimum Gasteiger partial charge on any atom is -0.308 e. The largest absolute Gasteiger partial charge is 0.308 e. The zero-order valence-corrected chi connectivity index (χ0v) is 11.7. The van der Waals surface area contributed by atoms with E-state index in [0.717, 1.165) is 16.1 Å². The van der Waals surface area contributed by atoms with Crippen molar-refractivity contribution in [3.8, 4) is 0 Å². The highest BCUT2D eigenvalue weighted by atomic mass is 32.2. The number of fused-ring (bicyclic) bond motifs is 1. The monoisotopic (exact) mass is 263 g/mol. The van der Waals surface area contributed by atoms with Gasteiger partial charge in [-0.2, -0.15) is 0 Å². The fraction of sp³-hybridized carbons (Fsp3) is 0.429. The van der Waals surface area contributed by atoms with Crippen LogP contribution in [0.4, 0.5) is 5.69 Å². The van der Waals surface area contributed by atoms with Gasteiger partial charge in [0.05, 0.1) is 11.4 Å². The molecule has 0 atom stereocenters. The van der Waals surface area contributed by atoms with Crippen LogP contribution in [0.25, 0.3) is 0 Å². The highest BCUT2D eigenvalue weighted by Gasteiger charge is 2.27. The van der Waals surface area contributed by atoms with E-state index in [1.54, 1.807) is 0 Å². The van der Waals surface area contributed by atoms with Crippen LogP contribution in [0.1, 0.15) is 37.6 Å². The van der Waals surface area contributed by atoms with E-state index in [1.165, 1.54) is 11.8 Å². The molecule has 1 aliphatic heterocycles. The van der Waals surface area contributed by atoms with Crippen molar-refractivity contribution in [1.29, 1.82) is 0 Å². The van der Waals surface area contributed by atoms with E-state index >= 15 is 0 Å². The number of hydrogen-bond acceptors (Lipinski definition) is 3. The Morgan fingerprint density at radius 1 is 1.44 bits per heavy atom. The maximum absolute atomic E-state index is 11.9. The summed E-state index contributed by atoms with van der Waals surface area (Å²) in [5.41, 5.74) is 1.67. The fourth-order valence-corrected chi connectivity index (χ4v) is 3.06. The van der Waals surface area contributed by atoms with Crippen LogP contribution in [-0.2, 0) is 4.79 Å². The molecule has 3 nitrogen and oxygen atoms in total. The summed E-state index contributed by atoms with van der Waals surface area (Å²) in [7, 11) is 0. The summed E-state index contributed by atoms with van der Waals surface area (Å²) < 4.78 is 0. The molecule has 1 aromatic carbocycles. The van der Waals surface area contributed by atoms with E-state index in [1.807, 2.05) is 43.9 Å². The number of anilines is 1. The normalized spacial score (nSPS) is 14.9. The molecule has 0 saturated heterocycles. The number of benzene rings is 1. The molecule has 1 amide bonds. The number of Topliss-reactive ketones (excluding diaryl/α,β-unsaturated/α-hetero) is 1. The van der Waals surface area contributed by atoms with Gasteiger partial charge in [0.1, 0.15) is 0 Å². The average Bonchev–Trinajstić information content (AvgIpc) is 2.36. The molecular formula is C14H17NO2S. The van der Waals surface area contributed by atoms with Gasteiger partial charge >= 0.3 is 0 Å². The molecule has 0 fully saturated rings. The quantitative estimate of drug-likeness (QED) is 0.786. The maximum Gasteiger partial charge on any atom is 0.237 e. The van der Waals surface area contributed by atoms with Crippen LogP contribution in [0.2, 0.25) is 0 Å². The molecular weight excluding hydrogens is 246 g/mol.